The molecule has 0 spiro atoms. The maximum absolute atomic E-state index is 12.9. The van der Waals surface area contributed by atoms with Crippen molar-refractivity contribution in [3.05, 3.63) is 94.4 Å². The Hall–Kier alpha value is -3.56. The third-order valence-electron chi connectivity index (χ3n) is 4.47. The Kier molecular flexibility index (Phi) is 6.55. The molecule has 3 rings (SSSR count). The third-order valence-corrected chi connectivity index (χ3v) is 6.15. The Morgan fingerprint density at radius 2 is 1.70 bits per heavy atom. The molecular formula is C24H21NO4S. The minimum atomic E-state index is -3.95. The second-order valence-electron chi connectivity index (χ2n) is 6.59. The number of allylic oxidation sites excluding steroid dienone is 1. The van der Waals surface area contributed by atoms with Crippen LogP contribution in [0.15, 0.2) is 82.6 Å². The molecule has 3 aromatic carbocycles. The predicted molar refractivity (Wildman–Crippen MR) is 116 cm³/mol. The molecule has 0 heterocycles. The predicted octanol–water partition coefficient (Wildman–Crippen LogP) is 4.92. The number of nitriles is 1. The van der Waals surface area contributed by atoms with Crippen LogP contribution in [0.3, 0.4) is 0 Å². The van der Waals surface area contributed by atoms with E-state index < -0.39 is 9.84 Å². The number of rotatable bonds is 7. The molecule has 0 unspecified atom stereocenters. The third kappa shape index (κ3) is 4.70. The number of hydrogen-bond donors (Lipinski definition) is 0. The summed E-state index contributed by atoms with van der Waals surface area (Å²) in [6.07, 6.45) is 1.31. The molecule has 0 aromatic heterocycles. The molecule has 6 heteroatoms. The standard InChI is InChI=1S/C24H21NO4S/c1-18-11-13-19(14-12-18)17-29-24-20(7-6-10-23(24)28-2)15-22(16-25)30(26,27)21-8-4-3-5-9-21/h3-15H,17H2,1-2H3/b22-15-. The topological polar surface area (TPSA) is 76.4 Å². The Morgan fingerprint density at radius 1 is 1.00 bits per heavy atom. The van der Waals surface area contributed by atoms with Crippen LogP contribution in [0.5, 0.6) is 11.5 Å². The normalized spacial score (nSPS) is 11.6. The van der Waals surface area contributed by atoms with Gasteiger partial charge in [0.2, 0.25) is 9.84 Å². The number of methoxy groups -OCH3 is 1. The molecule has 0 aliphatic carbocycles. The van der Waals surface area contributed by atoms with E-state index in [1.165, 1.54) is 25.3 Å². The number of benzene rings is 3. The van der Waals surface area contributed by atoms with Crippen molar-refractivity contribution in [2.75, 3.05) is 7.11 Å². The fraction of sp³-hybridized carbons (Fsp3) is 0.125. The zero-order chi connectivity index (χ0) is 21.6. The summed E-state index contributed by atoms with van der Waals surface area (Å²) in [6, 6.07) is 22.7. The summed E-state index contributed by atoms with van der Waals surface area (Å²) in [6.45, 7) is 2.28. The van der Waals surface area contributed by atoms with Gasteiger partial charge in [0.05, 0.1) is 12.0 Å². The van der Waals surface area contributed by atoms with E-state index in [1.54, 1.807) is 36.4 Å². The van der Waals surface area contributed by atoms with Crippen molar-refractivity contribution >= 4 is 15.9 Å². The van der Waals surface area contributed by atoms with Gasteiger partial charge in [0.15, 0.2) is 11.5 Å². The van der Waals surface area contributed by atoms with E-state index in [-0.39, 0.29) is 16.4 Å². The molecule has 0 saturated heterocycles. The molecule has 0 aliphatic rings. The average molecular weight is 420 g/mol. The Bertz CT molecular complexity index is 1190. The molecule has 0 amide bonds. The van der Waals surface area contributed by atoms with Crippen molar-refractivity contribution in [1.29, 1.82) is 5.26 Å². The molecule has 30 heavy (non-hydrogen) atoms. The summed E-state index contributed by atoms with van der Waals surface area (Å²) in [4.78, 5) is -0.315. The van der Waals surface area contributed by atoms with Gasteiger partial charge < -0.3 is 9.47 Å². The van der Waals surface area contributed by atoms with Crippen LogP contribution in [-0.4, -0.2) is 15.5 Å². The second kappa shape index (κ2) is 9.29. The van der Waals surface area contributed by atoms with Crippen molar-refractivity contribution in [2.45, 2.75) is 18.4 Å². The van der Waals surface area contributed by atoms with Gasteiger partial charge in [-0.05, 0) is 36.8 Å². The first-order valence-corrected chi connectivity index (χ1v) is 10.7. The van der Waals surface area contributed by atoms with Crippen molar-refractivity contribution in [3.63, 3.8) is 0 Å². The average Bonchev–Trinajstić information content (AvgIpc) is 2.77. The maximum atomic E-state index is 12.9. The molecule has 0 aliphatic heterocycles. The largest absolute Gasteiger partial charge is 0.493 e. The fourth-order valence-electron chi connectivity index (χ4n) is 2.84. The van der Waals surface area contributed by atoms with E-state index in [4.69, 9.17) is 9.47 Å². The van der Waals surface area contributed by atoms with Crippen LogP contribution >= 0.6 is 0 Å². The zero-order valence-electron chi connectivity index (χ0n) is 16.7. The molecule has 0 N–H and O–H groups in total. The van der Waals surface area contributed by atoms with E-state index in [9.17, 15) is 13.7 Å². The van der Waals surface area contributed by atoms with E-state index in [1.807, 2.05) is 37.3 Å². The maximum Gasteiger partial charge on any atom is 0.216 e. The van der Waals surface area contributed by atoms with Gasteiger partial charge in [0, 0.05) is 5.56 Å². The van der Waals surface area contributed by atoms with Gasteiger partial charge >= 0.3 is 0 Å². The lowest BCUT2D eigenvalue weighted by Gasteiger charge is -2.14. The number of sulfone groups is 1. The Morgan fingerprint density at radius 3 is 2.33 bits per heavy atom. The highest BCUT2D eigenvalue weighted by molar-refractivity contribution is 7.95. The van der Waals surface area contributed by atoms with Crippen LogP contribution in [0.2, 0.25) is 0 Å². The summed E-state index contributed by atoms with van der Waals surface area (Å²) < 4.78 is 37.1. The minimum absolute atomic E-state index is 0.0582. The van der Waals surface area contributed by atoms with Crippen LogP contribution in [0.4, 0.5) is 0 Å². The summed E-state index contributed by atoms with van der Waals surface area (Å²) >= 11 is 0. The number of nitrogens with zero attached hydrogens (tertiary/aromatic N) is 1. The molecule has 152 valence electrons. The van der Waals surface area contributed by atoms with Gasteiger partial charge in [-0.3, -0.25) is 0 Å². The number of aryl methyl sites for hydroxylation is 1. The quantitative estimate of drug-likeness (QED) is 0.508. The van der Waals surface area contributed by atoms with Crippen molar-refractivity contribution < 1.29 is 17.9 Å². The molecule has 0 fully saturated rings. The van der Waals surface area contributed by atoms with Gasteiger partial charge in [0.1, 0.15) is 17.6 Å². The number of hydrogen-bond acceptors (Lipinski definition) is 5. The smallest absolute Gasteiger partial charge is 0.216 e. The lowest BCUT2D eigenvalue weighted by molar-refractivity contribution is 0.284. The second-order valence-corrected chi connectivity index (χ2v) is 8.51. The van der Waals surface area contributed by atoms with Gasteiger partial charge in [-0.1, -0.05) is 60.2 Å². The molecule has 3 aromatic rings. The van der Waals surface area contributed by atoms with Crippen LogP contribution in [0.25, 0.3) is 6.08 Å². The van der Waals surface area contributed by atoms with E-state index in [2.05, 4.69) is 0 Å². The lowest BCUT2D eigenvalue weighted by Crippen LogP contribution is -2.04. The molecule has 0 radical (unpaired) electrons. The van der Waals surface area contributed by atoms with Crippen molar-refractivity contribution in [2.24, 2.45) is 0 Å². The van der Waals surface area contributed by atoms with Gasteiger partial charge in [-0.15, -0.1) is 0 Å². The summed E-state index contributed by atoms with van der Waals surface area (Å²) in [5, 5.41) is 9.57. The Balaban J connectivity index is 2.00. The van der Waals surface area contributed by atoms with Crippen molar-refractivity contribution in [1.82, 2.24) is 0 Å². The van der Waals surface area contributed by atoms with E-state index in [0.717, 1.165) is 11.1 Å². The monoisotopic (exact) mass is 419 g/mol. The summed E-state index contributed by atoms with van der Waals surface area (Å²) in [7, 11) is -2.45. The first-order valence-electron chi connectivity index (χ1n) is 9.23. The minimum Gasteiger partial charge on any atom is -0.493 e. The highest BCUT2D eigenvalue weighted by atomic mass is 32.2. The molecular weight excluding hydrogens is 398 g/mol. The first-order chi connectivity index (χ1) is 14.5. The molecule has 0 atom stereocenters. The summed E-state index contributed by atoms with van der Waals surface area (Å²) in [5.41, 5.74) is 2.54. The van der Waals surface area contributed by atoms with E-state index in [0.29, 0.717) is 17.1 Å². The Labute approximate surface area is 176 Å². The first kappa shape index (κ1) is 21.2. The van der Waals surface area contributed by atoms with E-state index >= 15 is 0 Å². The number of para-hydroxylation sites is 1. The summed E-state index contributed by atoms with van der Waals surface area (Å²) in [5.74, 6) is 0.821. The van der Waals surface area contributed by atoms with Gasteiger partial charge in [-0.25, -0.2) is 8.42 Å². The van der Waals surface area contributed by atoms with Crippen molar-refractivity contribution in [3.8, 4) is 17.6 Å². The lowest BCUT2D eigenvalue weighted by atomic mass is 10.1. The highest BCUT2D eigenvalue weighted by Gasteiger charge is 2.21. The number of ether oxygens (including phenoxy) is 2. The van der Waals surface area contributed by atoms with Crippen LogP contribution in [-0.2, 0) is 16.4 Å². The SMILES string of the molecule is COc1cccc(/C=C(/C#N)S(=O)(=O)c2ccccc2)c1OCc1ccc(C)cc1. The van der Waals surface area contributed by atoms with Gasteiger partial charge in [0.25, 0.3) is 0 Å². The fourth-order valence-corrected chi connectivity index (χ4v) is 4.01. The zero-order valence-corrected chi connectivity index (χ0v) is 17.5. The molecule has 0 bridgehead atoms. The highest BCUT2D eigenvalue weighted by Crippen LogP contribution is 2.34. The molecule has 0 saturated carbocycles. The van der Waals surface area contributed by atoms with Crippen LogP contribution in [0, 0.1) is 18.3 Å². The molecule has 5 nitrogen and oxygen atoms in total. The van der Waals surface area contributed by atoms with Crippen LogP contribution in [0.1, 0.15) is 16.7 Å². The van der Waals surface area contributed by atoms with Crippen LogP contribution < -0.4 is 9.47 Å². The van der Waals surface area contributed by atoms with Gasteiger partial charge in [-0.2, -0.15) is 5.26 Å².